The lowest BCUT2D eigenvalue weighted by Crippen LogP contribution is -2.30. The molecule has 5 heteroatoms. The predicted octanol–water partition coefficient (Wildman–Crippen LogP) is 5.49. The van der Waals surface area contributed by atoms with Crippen LogP contribution in [0.2, 0.25) is 0 Å². The quantitative estimate of drug-likeness (QED) is 0.397. The third kappa shape index (κ3) is 3.61. The first kappa shape index (κ1) is 20.8. The van der Waals surface area contributed by atoms with Gasteiger partial charge in [0, 0.05) is 22.5 Å². The van der Waals surface area contributed by atoms with Gasteiger partial charge in [0.1, 0.15) is 5.75 Å². The smallest absolute Gasteiger partial charge is 0.258 e. The summed E-state index contributed by atoms with van der Waals surface area (Å²) in [7, 11) is 1.66. The first-order valence-electron chi connectivity index (χ1n) is 10.9. The lowest BCUT2D eigenvalue weighted by molar-refractivity contribution is 0.0984. The van der Waals surface area contributed by atoms with Crippen LogP contribution in [0.1, 0.15) is 37.7 Å². The van der Waals surface area contributed by atoms with E-state index in [-0.39, 0.29) is 5.91 Å². The van der Waals surface area contributed by atoms with E-state index in [0.717, 1.165) is 45.7 Å². The molecule has 0 saturated heterocycles. The summed E-state index contributed by atoms with van der Waals surface area (Å²) in [6.45, 7) is 2.97. The first-order chi connectivity index (χ1) is 16.1. The van der Waals surface area contributed by atoms with Gasteiger partial charge < -0.3 is 14.2 Å². The fourth-order valence-corrected chi connectivity index (χ4v) is 4.59. The molecule has 0 unspecified atom stereocenters. The third-order valence-corrected chi connectivity index (χ3v) is 6.27. The molecule has 164 valence electrons. The summed E-state index contributed by atoms with van der Waals surface area (Å²) in [5, 5.41) is 0. The van der Waals surface area contributed by atoms with Crippen molar-refractivity contribution in [2.45, 2.75) is 20.0 Å². The highest BCUT2D eigenvalue weighted by Gasteiger charge is 2.26. The molecule has 0 radical (unpaired) electrons. The van der Waals surface area contributed by atoms with Crippen LogP contribution in [0.3, 0.4) is 0 Å². The number of rotatable bonds is 4. The van der Waals surface area contributed by atoms with Crippen molar-refractivity contribution in [2.75, 3.05) is 12.0 Å². The summed E-state index contributed by atoms with van der Waals surface area (Å²) in [5.41, 5.74) is 7.08. The number of hydrogen-bond acceptors (Lipinski definition) is 3. The topological polar surface area (TPSA) is 51.5 Å². The maximum atomic E-state index is 13.7. The number of aromatic nitrogens is 1. The van der Waals surface area contributed by atoms with Crippen LogP contribution in [0.25, 0.3) is 11.1 Å². The van der Waals surface area contributed by atoms with Crippen LogP contribution in [0.4, 0.5) is 5.69 Å². The van der Waals surface area contributed by atoms with Gasteiger partial charge in [0.2, 0.25) is 0 Å². The number of anilines is 1. The summed E-state index contributed by atoms with van der Waals surface area (Å²) >= 11 is 0. The van der Waals surface area contributed by atoms with E-state index in [1.807, 2.05) is 90.4 Å². The standard InChI is InChI=1S/C28H24N2O3/c1-19-15-20(11-14-24(19)25-8-4-6-10-27(25)33-2)28(32)30-17-22-12-13-23(18-31)29(22)16-21-7-3-5-9-26(21)30/h3-15,18H,16-17H2,1-2H3. The second-order valence-electron chi connectivity index (χ2n) is 8.20. The molecule has 5 nitrogen and oxygen atoms in total. The van der Waals surface area contributed by atoms with Gasteiger partial charge in [-0.1, -0.05) is 42.5 Å². The number of carbonyl (C=O) groups is 2. The molecule has 1 aliphatic rings. The van der Waals surface area contributed by atoms with Gasteiger partial charge in [-0.2, -0.15) is 0 Å². The van der Waals surface area contributed by atoms with Crippen molar-refractivity contribution in [3.8, 4) is 16.9 Å². The Morgan fingerprint density at radius 3 is 2.48 bits per heavy atom. The van der Waals surface area contributed by atoms with Crippen LogP contribution in [0.15, 0.2) is 78.9 Å². The molecular formula is C28H24N2O3. The van der Waals surface area contributed by atoms with Crippen molar-refractivity contribution >= 4 is 17.9 Å². The van der Waals surface area contributed by atoms with Crippen molar-refractivity contribution in [3.63, 3.8) is 0 Å². The summed E-state index contributed by atoms with van der Waals surface area (Å²) in [5.74, 6) is 0.729. The van der Waals surface area contributed by atoms with E-state index in [1.54, 1.807) is 12.0 Å². The zero-order valence-electron chi connectivity index (χ0n) is 18.6. The fraction of sp³-hybridized carbons (Fsp3) is 0.143. The Balaban J connectivity index is 1.55. The molecule has 33 heavy (non-hydrogen) atoms. The molecule has 3 aromatic carbocycles. The van der Waals surface area contributed by atoms with Crippen molar-refractivity contribution in [2.24, 2.45) is 0 Å². The Hall–Kier alpha value is -4.12. The van der Waals surface area contributed by atoms with E-state index in [0.29, 0.717) is 24.3 Å². The Labute approximate surface area is 192 Å². The van der Waals surface area contributed by atoms with Gasteiger partial charge in [0.15, 0.2) is 6.29 Å². The number of aldehydes is 1. The Morgan fingerprint density at radius 2 is 1.70 bits per heavy atom. The lowest BCUT2D eigenvalue weighted by atomic mass is 9.97. The molecule has 4 aromatic rings. The van der Waals surface area contributed by atoms with Gasteiger partial charge in [0.05, 0.1) is 25.9 Å². The van der Waals surface area contributed by atoms with Crippen LogP contribution in [-0.2, 0) is 13.1 Å². The number of methoxy groups -OCH3 is 1. The summed E-state index contributed by atoms with van der Waals surface area (Å²) in [6, 6.07) is 25.3. The van der Waals surface area contributed by atoms with Gasteiger partial charge in [-0.3, -0.25) is 9.59 Å². The van der Waals surface area contributed by atoms with Gasteiger partial charge in [-0.25, -0.2) is 0 Å². The zero-order valence-corrected chi connectivity index (χ0v) is 18.6. The van der Waals surface area contributed by atoms with Crippen LogP contribution in [0.5, 0.6) is 5.75 Å². The minimum absolute atomic E-state index is 0.0700. The van der Waals surface area contributed by atoms with Crippen LogP contribution in [0, 0.1) is 6.92 Å². The summed E-state index contributed by atoms with van der Waals surface area (Å²) in [6.07, 6.45) is 0.865. The maximum absolute atomic E-state index is 13.7. The molecule has 0 spiro atoms. The number of nitrogens with zero attached hydrogens (tertiary/aromatic N) is 2. The SMILES string of the molecule is COc1ccccc1-c1ccc(C(=O)N2Cc3ccc(C=O)n3Cc3ccccc32)cc1C. The number of ether oxygens (including phenoxy) is 1. The fourth-order valence-electron chi connectivity index (χ4n) is 4.59. The maximum Gasteiger partial charge on any atom is 0.258 e. The van der Waals surface area contributed by atoms with Crippen molar-refractivity contribution in [1.29, 1.82) is 0 Å². The average Bonchev–Trinajstić information content (AvgIpc) is 3.15. The number of benzene rings is 3. The summed E-state index contributed by atoms with van der Waals surface area (Å²) < 4.78 is 7.50. The molecule has 1 aromatic heterocycles. The van der Waals surface area contributed by atoms with E-state index < -0.39 is 0 Å². The van der Waals surface area contributed by atoms with E-state index in [4.69, 9.17) is 4.74 Å². The molecule has 0 bridgehead atoms. The largest absolute Gasteiger partial charge is 0.496 e. The predicted molar refractivity (Wildman–Crippen MR) is 129 cm³/mol. The monoisotopic (exact) mass is 436 g/mol. The molecule has 5 rings (SSSR count). The molecule has 0 saturated carbocycles. The number of para-hydroxylation sites is 2. The van der Waals surface area contributed by atoms with Gasteiger partial charge in [-0.05, 0) is 60.0 Å². The highest BCUT2D eigenvalue weighted by molar-refractivity contribution is 6.07. The van der Waals surface area contributed by atoms with Crippen LogP contribution < -0.4 is 9.64 Å². The molecule has 2 heterocycles. The summed E-state index contributed by atoms with van der Waals surface area (Å²) in [4.78, 5) is 27.1. The van der Waals surface area contributed by atoms with Gasteiger partial charge in [-0.15, -0.1) is 0 Å². The number of carbonyl (C=O) groups excluding carboxylic acids is 2. The minimum atomic E-state index is -0.0700. The molecule has 1 amide bonds. The van der Waals surface area contributed by atoms with E-state index in [9.17, 15) is 9.59 Å². The Bertz CT molecular complexity index is 1370. The zero-order chi connectivity index (χ0) is 22.9. The second-order valence-corrected chi connectivity index (χ2v) is 8.20. The highest BCUT2D eigenvalue weighted by atomic mass is 16.5. The minimum Gasteiger partial charge on any atom is -0.496 e. The van der Waals surface area contributed by atoms with E-state index >= 15 is 0 Å². The molecular weight excluding hydrogens is 412 g/mol. The molecule has 1 aliphatic heterocycles. The molecule has 0 aliphatic carbocycles. The van der Waals surface area contributed by atoms with E-state index in [2.05, 4.69) is 0 Å². The normalized spacial score (nSPS) is 12.5. The average molecular weight is 437 g/mol. The van der Waals surface area contributed by atoms with E-state index in [1.165, 1.54) is 0 Å². The number of fused-ring (bicyclic) bond motifs is 2. The Morgan fingerprint density at radius 1 is 0.909 bits per heavy atom. The molecule has 0 atom stereocenters. The van der Waals surface area contributed by atoms with Gasteiger partial charge >= 0.3 is 0 Å². The molecule has 0 N–H and O–H groups in total. The van der Waals surface area contributed by atoms with Gasteiger partial charge in [0.25, 0.3) is 5.91 Å². The number of hydrogen-bond donors (Lipinski definition) is 0. The second kappa shape index (κ2) is 8.43. The van der Waals surface area contributed by atoms with Crippen LogP contribution >= 0.6 is 0 Å². The Kier molecular flexibility index (Phi) is 5.31. The highest BCUT2D eigenvalue weighted by Crippen LogP contribution is 2.34. The van der Waals surface area contributed by atoms with Crippen LogP contribution in [-0.4, -0.2) is 23.9 Å². The number of amides is 1. The first-order valence-corrected chi connectivity index (χ1v) is 10.9. The van der Waals surface area contributed by atoms with Crippen molar-refractivity contribution < 1.29 is 14.3 Å². The lowest BCUT2D eigenvalue weighted by Gasteiger charge is -2.23. The third-order valence-electron chi connectivity index (χ3n) is 6.27. The number of aryl methyl sites for hydroxylation is 1. The molecule has 0 fully saturated rings. The van der Waals surface area contributed by atoms with Crippen molar-refractivity contribution in [3.05, 3.63) is 107 Å². The van der Waals surface area contributed by atoms with Crippen molar-refractivity contribution in [1.82, 2.24) is 4.57 Å².